The van der Waals surface area contributed by atoms with Crippen LogP contribution in [-0.2, 0) is 4.74 Å². The number of ether oxygens (including phenoxy) is 1. The van der Waals surface area contributed by atoms with E-state index in [0.717, 1.165) is 6.42 Å². The van der Waals surface area contributed by atoms with Gasteiger partial charge in [0.2, 0.25) is 0 Å². The smallest absolute Gasteiger partial charge is 0.0994 e. The first-order valence-corrected chi connectivity index (χ1v) is 3.82. The third-order valence-electron chi connectivity index (χ3n) is 1.94. The fraction of sp³-hybridized carbons (Fsp3) is 1.00. The normalized spacial score (nSPS) is 22.8. The average molecular weight is 146 g/mol. The standard InChI is InChI=1S/C8H15FO/c1-7(2)3-8(4-9)5-10-6-8/h7H,3-6H2,1-2H3. The third-order valence-corrected chi connectivity index (χ3v) is 1.94. The van der Waals surface area contributed by atoms with Crippen molar-refractivity contribution >= 4 is 0 Å². The van der Waals surface area contributed by atoms with E-state index in [1.54, 1.807) is 0 Å². The van der Waals surface area contributed by atoms with Gasteiger partial charge in [-0.3, -0.25) is 4.39 Å². The molecule has 0 aromatic heterocycles. The van der Waals surface area contributed by atoms with Gasteiger partial charge >= 0.3 is 0 Å². The molecule has 0 atom stereocenters. The van der Waals surface area contributed by atoms with Crippen LogP contribution < -0.4 is 0 Å². The SMILES string of the molecule is CC(C)CC1(CF)COC1. The molecule has 1 aliphatic rings. The van der Waals surface area contributed by atoms with Gasteiger partial charge in [-0.05, 0) is 12.3 Å². The molecule has 1 fully saturated rings. The summed E-state index contributed by atoms with van der Waals surface area (Å²) in [7, 11) is 0. The maximum Gasteiger partial charge on any atom is 0.0994 e. The highest BCUT2D eigenvalue weighted by atomic mass is 19.1. The molecule has 0 aromatic carbocycles. The Morgan fingerprint density at radius 3 is 2.20 bits per heavy atom. The molecule has 0 bridgehead atoms. The minimum Gasteiger partial charge on any atom is -0.380 e. The largest absolute Gasteiger partial charge is 0.380 e. The van der Waals surface area contributed by atoms with Crippen LogP contribution in [0.25, 0.3) is 0 Å². The minimum atomic E-state index is -0.217. The maximum atomic E-state index is 12.4. The van der Waals surface area contributed by atoms with Gasteiger partial charge in [-0.15, -0.1) is 0 Å². The Bertz CT molecular complexity index is 102. The van der Waals surface area contributed by atoms with Crippen LogP contribution >= 0.6 is 0 Å². The summed E-state index contributed by atoms with van der Waals surface area (Å²) in [5, 5.41) is 0. The van der Waals surface area contributed by atoms with Crippen LogP contribution in [-0.4, -0.2) is 19.9 Å². The van der Waals surface area contributed by atoms with E-state index in [0.29, 0.717) is 19.1 Å². The Morgan fingerprint density at radius 2 is 2.10 bits per heavy atom. The Balaban J connectivity index is 2.33. The molecule has 0 amide bonds. The van der Waals surface area contributed by atoms with Crippen molar-refractivity contribution in [2.45, 2.75) is 20.3 Å². The second-order valence-corrected chi connectivity index (χ2v) is 3.72. The van der Waals surface area contributed by atoms with Crippen molar-refractivity contribution in [1.82, 2.24) is 0 Å². The number of hydrogen-bond donors (Lipinski definition) is 0. The maximum absolute atomic E-state index is 12.4. The molecule has 1 rings (SSSR count). The topological polar surface area (TPSA) is 9.23 Å². The number of halogens is 1. The van der Waals surface area contributed by atoms with Gasteiger partial charge in [0.1, 0.15) is 0 Å². The summed E-state index contributed by atoms with van der Waals surface area (Å²) in [6.45, 7) is 5.28. The summed E-state index contributed by atoms with van der Waals surface area (Å²) in [6.07, 6.45) is 0.962. The highest BCUT2D eigenvalue weighted by Gasteiger charge is 2.38. The molecule has 2 heteroatoms. The predicted octanol–water partition coefficient (Wildman–Crippen LogP) is 2.02. The molecule has 1 saturated heterocycles. The van der Waals surface area contributed by atoms with Gasteiger partial charge in [0.25, 0.3) is 0 Å². The zero-order valence-corrected chi connectivity index (χ0v) is 6.69. The number of rotatable bonds is 3. The van der Waals surface area contributed by atoms with E-state index in [9.17, 15) is 4.39 Å². The zero-order chi connectivity index (χ0) is 7.61. The molecule has 0 unspecified atom stereocenters. The predicted molar refractivity (Wildman–Crippen MR) is 38.7 cm³/mol. The van der Waals surface area contributed by atoms with Crippen LogP contribution in [0.4, 0.5) is 4.39 Å². The van der Waals surface area contributed by atoms with Crippen molar-refractivity contribution in [1.29, 1.82) is 0 Å². The number of alkyl halides is 1. The second kappa shape index (κ2) is 2.87. The van der Waals surface area contributed by atoms with Crippen molar-refractivity contribution in [2.75, 3.05) is 19.9 Å². The van der Waals surface area contributed by atoms with E-state index in [2.05, 4.69) is 13.8 Å². The van der Waals surface area contributed by atoms with Crippen molar-refractivity contribution < 1.29 is 9.13 Å². The number of hydrogen-bond acceptors (Lipinski definition) is 1. The lowest BCUT2D eigenvalue weighted by Gasteiger charge is -2.40. The zero-order valence-electron chi connectivity index (χ0n) is 6.69. The van der Waals surface area contributed by atoms with E-state index in [1.807, 2.05) is 0 Å². The van der Waals surface area contributed by atoms with Crippen LogP contribution in [0.1, 0.15) is 20.3 Å². The molecule has 0 aromatic rings. The molecule has 10 heavy (non-hydrogen) atoms. The summed E-state index contributed by atoms with van der Waals surface area (Å²) in [4.78, 5) is 0. The molecule has 0 spiro atoms. The van der Waals surface area contributed by atoms with Crippen molar-refractivity contribution in [3.05, 3.63) is 0 Å². The molecule has 1 heterocycles. The van der Waals surface area contributed by atoms with E-state index in [-0.39, 0.29) is 12.1 Å². The van der Waals surface area contributed by atoms with Crippen LogP contribution in [0.2, 0.25) is 0 Å². The van der Waals surface area contributed by atoms with Crippen molar-refractivity contribution in [2.24, 2.45) is 11.3 Å². The summed E-state index contributed by atoms with van der Waals surface area (Å²) in [6, 6.07) is 0. The van der Waals surface area contributed by atoms with Crippen LogP contribution in [0.5, 0.6) is 0 Å². The molecule has 0 saturated carbocycles. The second-order valence-electron chi connectivity index (χ2n) is 3.72. The first kappa shape index (κ1) is 7.99. The molecular weight excluding hydrogens is 131 g/mol. The van der Waals surface area contributed by atoms with E-state index < -0.39 is 0 Å². The molecule has 0 aliphatic carbocycles. The van der Waals surface area contributed by atoms with E-state index in [4.69, 9.17) is 4.74 Å². The average Bonchev–Trinajstić information content (AvgIpc) is 1.78. The highest BCUT2D eigenvalue weighted by Crippen LogP contribution is 2.34. The third kappa shape index (κ3) is 1.48. The molecule has 0 radical (unpaired) electrons. The lowest BCUT2D eigenvalue weighted by molar-refractivity contribution is -0.132. The summed E-state index contributed by atoms with van der Waals surface area (Å²) >= 11 is 0. The van der Waals surface area contributed by atoms with Crippen LogP contribution in [0, 0.1) is 11.3 Å². The van der Waals surface area contributed by atoms with Crippen LogP contribution in [0.15, 0.2) is 0 Å². The molecule has 0 N–H and O–H groups in total. The van der Waals surface area contributed by atoms with Gasteiger partial charge in [0.15, 0.2) is 0 Å². The quantitative estimate of drug-likeness (QED) is 0.592. The first-order valence-electron chi connectivity index (χ1n) is 3.82. The van der Waals surface area contributed by atoms with E-state index in [1.165, 1.54) is 0 Å². The molecular formula is C8H15FO. The lowest BCUT2D eigenvalue weighted by atomic mass is 9.80. The monoisotopic (exact) mass is 146 g/mol. The van der Waals surface area contributed by atoms with Crippen molar-refractivity contribution in [3.63, 3.8) is 0 Å². The van der Waals surface area contributed by atoms with Gasteiger partial charge in [0.05, 0.1) is 19.9 Å². The Morgan fingerprint density at radius 1 is 1.50 bits per heavy atom. The van der Waals surface area contributed by atoms with E-state index >= 15 is 0 Å². The Hall–Kier alpha value is -0.110. The fourth-order valence-corrected chi connectivity index (χ4v) is 1.51. The van der Waals surface area contributed by atoms with Gasteiger partial charge in [-0.1, -0.05) is 13.8 Å². The van der Waals surface area contributed by atoms with Gasteiger partial charge in [-0.2, -0.15) is 0 Å². The minimum absolute atomic E-state index is 0.103. The molecule has 1 aliphatic heterocycles. The highest BCUT2D eigenvalue weighted by molar-refractivity contribution is 4.85. The first-order chi connectivity index (χ1) is 4.68. The van der Waals surface area contributed by atoms with Crippen LogP contribution in [0.3, 0.4) is 0 Å². The van der Waals surface area contributed by atoms with Crippen molar-refractivity contribution in [3.8, 4) is 0 Å². The summed E-state index contributed by atoms with van der Waals surface area (Å²) < 4.78 is 17.4. The fourth-order valence-electron chi connectivity index (χ4n) is 1.51. The summed E-state index contributed by atoms with van der Waals surface area (Å²) in [5.41, 5.74) is -0.103. The van der Waals surface area contributed by atoms with Gasteiger partial charge in [0, 0.05) is 5.41 Å². The Kier molecular flexibility index (Phi) is 2.29. The lowest BCUT2D eigenvalue weighted by Crippen LogP contribution is -2.45. The summed E-state index contributed by atoms with van der Waals surface area (Å²) in [5.74, 6) is 0.583. The van der Waals surface area contributed by atoms with Gasteiger partial charge < -0.3 is 4.74 Å². The van der Waals surface area contributed by atoms with Gasteiger partial charge in [-0.25, -0.2) is 0 Å². The Labute approximate surface area is 61.6 Å². The molecule has 1 nitrogen and oxygen atoms in total. The molecule has 60 valence electrons.